The second kappa shape index (κ2) is 5.94. The van der Waals surface area contributed by atoms with Crippen molar-refractivity contribution in [3.05, 3.63) is 48.0 Å². The molecule has 2 nitrogen and oxygen atoms in total. The molecule has 1 aliphatic heterocycles. The lowest BCUT2D eigenvalue weighted by molar-refractivity contribution is 0.0240. The van der Waals surface area contributed by atoms with Crippen LogP contribution in [-0.4, -0.2) is 19.8 Å². The largest absolute Gasteiger partial charge is 0.381 e. The molecule has 1 aliphatic rings. The summed E-state index contributed by atoms with van der Waals surface area (Å²) >= 11 is 0. The van der Waals surface area contributed by atoms with E-state index in [1.165, 1.54) is 16.3 Å². The third kappa shape index (κ3) is 3.02. The van der Waals surface area contributed by atoms with Crippen LogP contribution in [0.3, 0.4) is 0 Å². The summed E-state index contributed by atoms with van der Waals surface area (Å²) in [6.45, 7) is 6.20. The van der Waals surface area contributed by atoms with Crippen molar-refractivity contribution in [3.8, 4) is 0 Å². The van der Waals surface area contributed by atoms with Crippen LogP contribution in [0.15, 0.2) is 42.5 Å². The summed E-state index contributed by atoms with van der Waals surface area (Å²) in [6.07, 6.45) is 2.32. The molecule has 0 bridgehead atoms. The van der Waals surface area contributed by atoms with Crippen LogP contribution in [0, 0.1) is 5.41 Å². The fraction of sp³-hybridized carbons (Fsp3) is 0.444. The smallest absolute Gasteiger partial charge is 0.0471 e. The first-order valence-electron chi connectivity index (χ1n) is 7.52. The molecule has 0 saturated carbocycles. The highest BCUT2D eigenvalue weighted by molar-refractivity contribution is 5.85. The average molecular weight is 269 g/mol. The number of rotatable bonds is 4. The Morgan fingerprint density at radius 2 is 1.80 bits per heavy atom. The van der Waals surface area contributed by atoms with Gasteiger partial charge in [0.2, 0.25) is 0 Å². The molecule has 1 heterocycles. The van der Waals surface area contributed by atoms with Gasteiger partial charge in [-0.1, -0.05) is 49.4 Å². The van der Waals surface area contributed by atoms with Crippen molar-refractivity contribution < 1.29 is 4.74 Å². The summed E-state index contributed by atoms with van der Waals surface area (Å²) in [5, 5.41) is 6.33. The number of nitrogens with one attached hydrogen (secondary N) is 1. The predicted octanol–water partition coefficient (Wildman–Crippen LogP) is 3.75. The molecule has 0 aromatic heterocycles. The number of hydrogen-bond donors (Lipinski definition) is 1. The standard InChI is InChI=1S/C18H23NO/c1-18(9-11-20-12-10-18)14-19-13-16-7-4-6-15-5-2-3-8-17(15)16/h2-8,19H,9-14H2,1H3. The minimum Gasteiger partial charge on any atom is -0.381 e. The topological polar surface area (TPSA) is 21.3 Å². The zero-order valence-electron chi connectivity index (χ0n) is 12.2. The lowest BCUT2D eigenvalue weighted by atomic mass is 9.82. The zero-order chi connectivity index (χ0) is 13.8. The van der Waals surface area contributed by atoms with Crippen molar-refractivity contribution in [1.29, 1.82) is 0 Å². The molecular formula is C18H23NO. The number of hydrogen-bond acceptors (Lipinski definition) is 2. The molecule has 0 spiro atoms. The van der Waals surface area contributed by atoms with Gasteiger partial charge in [0.05, 0.1) is 0 Å². The lowest BCUT2D eigenvalue weighted by Gasteiger charge is -2.33. The summed E-state index contributed by atoms with van der Waals surface area (Å²) in [4.78, 5) is 0. The molecule has 1 fully saturated rings. The molecule has 0 unspecified atom stereocenters. The average Bonchev–Trinajstić information content (AvgIpc) is 2.48. The first-order chi connectivity index (χ1) is 9.77. The van der Waals surface area contributed by atoms with Crippen molar-refractivity contribution in [3.63, 3.8) is 0 Å². The van der Waals surface area contributed by atoms with Gasteiger partial charge in [-0.3, -0.25) is 0 Å². The molecule has 2 aromatic rings. The molecule has 0 amide bonds. The van der Waals surface area contributed by atoms with E-state index in [9.17, 15) is 0 Å². The highest BCUT2D eigenvalue weighted by Gasteiger charge is 2.26. The van der Waals surface area contributed by atoms with Crippen molar-refractivity contribution in [2.45, 2.75) is 26.3 Å². The van der Waals surface area contributed by atoms with Crippen molar-refractivity contribution in [2.24, 2.45) is 5.41 Å². The SMILES string of the molecule is CC1(CNCc2cccc3ccccc23)CCOCC1. The Morgan fingerprint density at radius 1 is 1.05 bits per heavy atom. The van der Waals surface area contributed by atoms with Gasteiger partial charge in [0, 0.05) is 26.3 Å². The van der Waals surface area contributed by atoms with Gasteiger partial charge in [-0.05, 0) is 34.6 Å². The molecule has 1 N–H and O–H groups in total. The monoisotopic (exact) mass is 269 g/mol. The van der Waals surface area contributed by atoms with Crippen LogP contribution in [0.2, 0.25) is 0 Å². The molecule has 2 aromatic carbocycles. The molecule has 20 heavy (non-hydrogen) atoms. The summed E-state index contributed by atoms with van der Waals surface area (Å²) in [6, 6.07) is 15.2. The van der Waals surface area contributed by atoms with E-state index in [0.717, 1.165) is 39.1 Å². The van der Waals surface area contributed by atoms with Crippen LogP contribution in [-0.2, 0) is 11.3 Å². The highest BCUT2D eigenvalue weighted by Crippen LogP contribution is 2.29. The van der Waals surface area contributed by atoms with E-state index in [-0.39, 0.29) is 0 Å². The Labute approximate surface area is 121 Å². The molecule has 0 radical (unpaired) electrons. The Balaban J connectivity index is 1.65. The zero-order valence-corrected chi connectivity index (χ0v) is 12.2. The van der Waals surface area contributed by atoms with Crippen LogP contribution in [0.5, 0.6) is 0 Å². The Hall–Kier alpha value is -1.38. The molecule has 0 aliphatic carbocycles. The molecule has 106 valence electrons. The summed E-state index contributed by atoms with van der Waals surface area (Å²) < 4.78 is 5.46. The Bertz CT molecular complexity index is 567. The fourth-order valence-corrected chi connectivity index (χ4v) is 2.99. The van der Waals surface area contributed by atoms with Crippen LogP contribution < -0.4 is 5.32 Å². The molecular weight excluding hydrogens is 246 g/mol. The number of benzene rings is 2. The summed E-state index contributed by atoms with van der Waals surface area (Å²) in [5.41, 5.74) is 1.78. The molecule has 3 rings (SSSR count). The first kappa shape index (κ1) is 13.6. The first-order valence-corrected chi connectivity index (χ1v) is 7.52. The predicted molar refractivity (Wildman–Crippen MR) is 83.8 cm³/mol. The van der Waals surface area contributed by atoms with E-state index < -0.39 is 0 Å². The minimum absolute atomic E-state index is 0.392. The van der Waals surface area contributed by atoms with Gasteiger partial charge < -0.3 is 10.1 Å². The minimum atomic E-state index is 0.392. The van der Waals surface area contributed by atoms with E-state index in [0.29, 0.717) is 5.41 Å². The van der Waals surface area contributed by atoms with E-state index in [4.69, 9.17) is 4.74 Å². The lowest BCUT2D eigenvalue weighted by Crippen LogP contribution is -2.36. The second-order valence-electron chi connectivity index (χ2n) is 6.16. The van der Waals surface area contributed by atoms with Crippen molar-refractivity contribution in [1.82, 2.24) is 5.32 Å². The van der Waals surface area contributed by atoms with Gasteiger partial charge in [-0.2, -0.15) is 0 Å². The molecule has 1 saturated heterocycles. The van der Waals surface area contributed by atoms with Gasteiger partial charge >= 0.3 is 0 Å². The van der Waals surface area contributed by atoms with Crippen molar-refractivity contribution in [2.75, 3.05) is 19.8 Å². The summed E-state index contributed by atoms with van der Waals surface area (Å²) in [5.74, 6) is 0. The normalized spacial score (nSPS) is 18.2. The molecule has 0 atom stereocenters. The summed E-state index contributed by atoms with van der Waals surface area (Å²) in [7, 11) is 0. The van der Waals surface area contributed by atoms with Gasteiger partial charge in [0.15, 0.2) is 0 Å². The maximum Gasteiger partial charge on any atom is 0.0471 e. The third-order valence-electron chi connectivity index (χ3n) is 4.45. The van der Waals surface area contributed by atoms with E-state index in [1.807, 2.05) is 0 Å². The van der Waals surface area contributed by atoms with Crippen molar-refractivity contribution >= 4 is 10.8 Å². The third-order valence-corrected chi connectivity index (χ3v) is 4.45. The maximum atomic E-state index is 5.46. The quantitative estimate of drug-likeness (QED) is 0.913. The van der Waals surface area contributed by atoms with Gasteiger partial charge in [-0.25, -0.2) is 0 Å². The van der Waals surface area contributed by atoms with Gasteiger partial charge in [0.1, 0.15) is 0 Å². The van der Waals surface area contributed by atoms with Crippen LogP contribution in [0.1, 0.15) is 25.3 Å². The van der Waals surface area contributed by atoms with E-state index in [1.54, 1.807) is 0 Å². The van der Waals surface area contributed by atoms with Crippen LogP contribution >= 0.6 is 0 Å². The van der Waals surface area contributed by atoms with Gasteiger partial charge in [0.25, 0.3) is 0 Å². The number of ether oxygens (including phenoxy) is 1. The van der Waals surface area contributed by atoms with E-state index in [2.05, 4.69) is 54.7 Å². The number of fused-ring (bicyclic) bond motifs is 1. The van der Waals surface area contributed by atoms with Gasteiger partial charge in [-0.15, -0.1) is 0 Å². The molecule has 2 heteroatoms. The maximum absolute atomic E-state index is 5.46. The fourth-order valence-electron chi connectivity index (χ4n) is 2.99. The Kier molecular flexibility index (Phi) is 4.04. The van der Waals surface area contributed by atoms with E-state index >= 15 is 0 Å². The highest BCUT2D eigenvalue weighted by atomic mass is 16.5. The Morgan fingerprint density at radius 3 is 2.65 bits per heavy atom. The van der Waals surface area contributed by atoms with Crippen LogP contribution in [0.4, 0.5) is 0 Å². The second-order valence-corrected chi connectivity index (χ2v) is 6.16. The van der Waals surface area contributed by atoms with Crippen LogP contribution in [0.25, 0.3) is 10.8 Å².